The second kappa shape index (κ2) is 9.82. The Kier molecular flexibility index (Phi) is 6.71. The van der Waals surface area contributed by atoms with Crippen LogP contribution in [-0.2, 0) is 4.79 Å². The maximum atomic E-state index is 12.5. The molecule has 0 saturated heterocycles. The van der Waals surface area contributed by atoms with E-state index in [-0.39, 0.29) is 17.6 Å². The lowest BCUT2D eigenvalue weighted by Crippen LogP contribution is -2.18. The summed E-state index contributed by atoms with van der Waals surface area (Å²) >= 11 is 1.37. The fourth-order valence-electron chi connectivity index (χ4n) is 3.79. The molecule has 1 aliphatic rings. The molecule has 2 heterocycles. The van der Waals surface area contributed by atoms with Crippen LogP contribution in [0.15, 0.2) is 52.2 Å². The second-order valence-corrected chi connectivity index (χ2v) is 8.38. The zero-order chi connectivity index (χ0) is 21.6. The molecule has 0 radical (unpaired) electrons. The third-order valence-corrected chi connectivity index (χ3v) is 6.28. The van der Waals surface area contributed by atoms with Crippen molar-refractivity contribution in [1.29, 1.82) is 0 Å². The van der Waals surface area contributed by atoms with Crippen molar-refractivity contribution in [2.24, 2.45) is 0 Å². The highest BCUT2D eigenvalue weighted by molar-refractivity contribution is 7.99. The highest BCUT2D eigenvalue weighted by Crippen LogP contribution is 2.35. The number of hydrogen-bond donors (Lipinski definition) is 2. The molecule has 2 aromatic heterocycles. The van der Waals surface area contributed by atoms with Crippen LogP contribution in [-0.4, -0.2) is 39.4 Å². The molecule has 9 heteroatoms. The van der Waals surface area contributed by atoms with E-state index in [2.05, 4.69) is 25.4 Å². The molecule has 1 aromatic carbocycles. The summed E-state index contributed by atoms with van der Waals surface area (Å²) in [5, 5.41) is 14.9. The van der Waals surface area contributed by atoms with E-state index >= 15 is 0 Å². The number of benzene rings is 1. The van der Waals surface area contributed by atoms with E-state index in [0.29, 0.717) is 28.9 Å². The first-order valence-corrected chi connectivity index (χ1v) is 11.4. The van der Waals surface area contributed by atoms with Gasteiger partial charge in [-0.15, -0.1) is 10.2 Å². The fraction of sp³-hybridized carbons (Fsp3) is 0.364. The van der Waals surface area contributed by atoms with Gasteiger partial charge in [0.15, 0.2) is 10.9 Å². The Bertz CT molecular complexity index is 1020. The molecule has 31 heavy (non-hydrogen) atoms. The van der Waals surface area contributed by atoms with Crippen molar-refractivity contribution < 1.29 is 14.0 Å². The second-order valence-electron chi connectivity index (χ2n) is 7.44. The highest BCUT2D eigenvalue weighted by Gasteiger charge is 2.25. The number of rotatable bonds is 7. The first-order valence-electron chi connectivity index (χ1n) is 10.4. The van der Waals surface area contributed by atoms with Gasteiger partial charge in [-0.25, -0.2) is 0 Å². The lowest BCUT2D eigenvalue weighted by atomic mass is 9.95. The van der Waals surface area contributed by atoms with E-state index in [1.54, 1.807) is 37.6 Å². The van der Waals surface area contributed by atoms with Crippen LogP contribution in [0.5, 0.6) is 0 Å². The predicted octanol–water partition coefficient (Wildman–Crippen LogP) is 4.13. The molecule has 4 rings (SSSR count). The lowest BCUT2D eigenvalue weighted by Gasteiger charge is -2.25. The van der Waals surface area contributed by atoms with Gasteiger partial charge in [0.2, 0.25) is 11.7 Å². The number of anilines is 1. The Morgan fingerprint density at radius 1 is 1.13 bits per heavy atom. The summed E-state index contributed by atoms with van der Waals surface area (Å²) < 4.78 is 7.70. The van der Waals surface area contributed by atoms with Crippen LogP contribution in [0, 0.1) is 0 Å². The molecule has 0 bridgehead atoms. The molecular formula is C22H25N5O3S. The summed E-state index contributed by atoms with van der Waals surface area (Å²) in [7, 11) is 1.58. The Balaban J connectivity index is 1.44. The summed E-state index contributed by atoms with van der Waals surface area (Å²) in [5.41, 5.74) is 1.18. The molecule has 8 nitrogen and oxygen atoms in total. The van der Waals surface area contributed by atoms with Crippen molar-refractivity contribution in [3.05, 3.63) is 48.2 Å². The highest BCUT2D eigenvalue weighted by atomic mass is 32.2. The number of nitrogens with one attached hydrogen (secondary N) is 2. The van der Waals surface area contributed by atoms with Gasteiger partial charge in [0.1, 0.15) is 0 Å². The van der Waals surface area contributed by atoms with Crippen molar-refractivity contribution in [3.63, 3.8) is 0 Å². The summed E-state index contributed by atoms with van der Waals surface area (Å²) in [5.74, 6) is 1.30. The summed E-state index contributed by atoms with van der Waals surface area (Å²) in [6.45, 7) is 0. The molecule has 2 N–H and O–H groups in total. The average molecular weight is 440 g/mol. The van der Waals surface area contributed by atoms with Gasteiger partial charge in [-0.3, -0.25) is 14.2 Å². The van der Waals surface area contributed by atoms with Gasteiger partial charge in [0, 0.05) is 24.3 Å². The van der Waals surface area contributed by atoms with Gasteiger partial charge in [0.05, 0.1) is 12.0 Å². The quantitative estimate of drug-likeness (QED) is 0.537. The monoisotopic (exact) mass is 439 g/mol. The van der Waals surface area contributed by atoms with Crippen LogP contribution < -0.4 is 10.6 Å². The zero-order valence-electron chi connectivity index (χ0n) is 17.3. The summed E-state index contributed by atoms with van der Waals surface area (Å²) in [6, 6.07) is 10.8. The molecule has 1 fully saturated rings. The number of nitrogens with zero attached hydrogens (tertiary/aromatic N) is 3. The third kappa shape index (κ3) is 4.99. The Hall–Kier alpha value is -3.07. The topological polar surface area (TPSA) is 102 Å². The first-order chi connectivity index (χ1) is 15.2. The number of hydrogen-bond acceptors (Lipinski definition) is 6. The van der Waals surface area contributed by atoms with Gasteiger partial charge in [0.25, 0.3) is 5.91 Å². The Labute approximate surface area is 184 Å². The van der Waals surface area contributed by atoms with Crippen molar-refractivity contribution in [2.75, 3.05) is 18.1 Å². The van der Waals surface area contributed by atoms with Gasteiger partial charge >= 0.3 is 0 Å². The SMILES string of the molecule is CNC(=O)c1ccc(NC(=O)CSc2nnc(-c3ccco3)n2C2CCCCC2)cc1. The van der Waals surface area contributed by atoms with Crippen molar-refractivity contribution in [2.45, 2.75) is 43.3 Å². The molecule has 1 aliphatic carbocycles. The minimum atomic E-state index is -0.164. The number of carbonyl (C=O) groups excluding carboxylic acids is 2. The van der Waals surface area contributed by atoms with Crippen molar-refractivity contribution in [1.82, 2.24) is 20.1 Å². The maximum absolute atomic E-state index is 12.5. The fourth-order valence-corrected chi connectivity index (χ4v) is 4.60. The average Bonchev–Trinajstić information content (AvgIpc) is 3.48. The third-order valence-electron chi connectivity index (χ3n) is 5.34. The standard InChI is InChI=1S/C22H25N5O3S/c1-23-21(29)15-9-11-16(12-10-15)24-19(28)14-31-22-26-25-20(18-8-5-13-30-18)27(22)17-6-3-2-4-7-17/h5,8-13,17H,2-4,6-7,14H2,1H3,(H,23,29)(H,24,28). The lowest BCUT2D eigenvalue weighted by molar-refractivity contribution is -0.113. The van der Waals surface area contributed by atoms with Gasteiger partial charge in [-0.05, 0) is 49.2 Å². The van der Waals surface area contributed by atoms with E-state index in [9.17, 15) is 9.59 Å². The predicted molar refractivity (Wildman–Crippen MR) is 119 cm³/mol. The van der Waals surface area contributed by atoms with Crippen LogP contribution in [0.25, 0.3) is 11.6 Å². The zero-order valence-corrected chi connectivity index (χ0v) is 18.2. The smallest absolute Gasteiger partial charge is 0.251 e. The largest absolute Gasteiger partial charge is 0.461 e. The molecule has 3 aromatic rings. The van der Waals surface area contributed by atoms with Crippen molar-refractivity contribution >= 4 is 29.3 Å². The van der Waals surface area contributed by atoms with Crippen LogP contribution in [0.1, 0.15) is 48.5 Å². The molecule has 2 amide bonds. The molecule has 0 aliphatic heterocycles. The minimum Gasteiger partial charge on any atom is -0.461 e. The van der Waals surface area contributed by atoms with E-state index < -0.39 is 0 Å². The van der Waals surface area contributed by atoms with E-state index in [1.165, 1.54) is 31.0 Å². The first kappa shape index (κ1) is 21.2. The van der Waals surface area contributed by atoms with Crippen molar-refractivity contribution in [3.8, 4) is 11.6 Å². The molecule has 0 unspecified atom stereocenters. The van der Waals surface area contributed by atoms with Crippen LogP contribution in [0.3, 0.4) is 0 Å². The van der Waals surface area contributed by atoms with Gasteiger partial charge in [-0.2, -0.15) is 0 Å². The number of thioether (sulfide) groups is 1. The number of furan rings is 1. The number of carbonyl (C=O) groups is 2. The molecule has 0 atom stereocenters. The van der Waals surface area contributed by atoms with E-state index in [0.717, 1.165) is 18.0 Å². The van der Waals surface area contributed by atoms with E-state index in [4.69, 9.17) is 4.42 Å². The molecule has 1 saturated carbocycles. The summed E-state index contributed by atoms with van der Waals surface area (Å²) in [6.07, 6.45) is 7.38. The van der Waals surface area contributed by atoms with E-state index in [1.807, 2.05) is 12.1 Å². The Morgan fingerprint density at radius 3 is 2.58 bits per heavy atom. The minimum absolute atomic E-state index is 0.143. The van der Waals surface area contributed by atoms with Gasteiger partial charge < -0.3 is 15.1 Å². The maximum Gasteiger partial charge on any atom is 0.251 e. The van der Waals surface area contributed by atoms with Crippen LogP contribution in [0.2, 0.25) is 0 Å². The number of amides is 2. The Morgan fingerprint density at radius 2 is 1.90 bits per heavy atom. The molecule has 0 spiro atoms. The molecular weight excluding hydrogens is 414 g/mol. The molecule has 162 valence electrons. The van der Waals surface area contributed by atoms with Crippen LogP contribution >= 0.6 is 11.8 Å². The summed E-state index contributed by atoms with van der Waals surface area (Å²) in [4.78, 5) is 24.1. The van der Waals surface area contributed by atoms with Gasteiger partial charge in [-0.1, -0.05) is 31.0 Å². The number of aromatic nitrogens is 3. The van der Waals surface area contributed by atoms with Crippen LogP contribution in [0.4, 0.5) is 5.69 Å². The normalized spacial score (nSPS) is 14.4.